The van der Waals surface area contributed by atoms with E-state index in [4.69, 9.17) is 0 Å². The number of rotatable bonds is 0. The third-order valence-electron chi connectivity index (χ3n) is 1.37. The van der Waals surface area contributed by atoms with E-state index in [-0.39, 0.29) is 11.0 Å². The van der Waals surface area contributed by atoms with E-state index in [9.17, 15) is 9.59 Å². The average molecular weight is 190 g/mol. The molecule has 0 radical (unpaired) electrons. The van der Waals surface area contributed by atoms with Crippen LogP contribution in [0.4, 0.5) is 0 Å². The molecule has 0 fully saturated rings. The maximum absolute atomic E-state index is 10.2. The first-order valence-corrected chi connectivity index (χ1v) is 4.06. The molecule has 4 nitrogen and oxygen atoms in total. The highest BCUT2D eigenvalue weighted by molar-refractivity contribution is 4.90. The lowest BCUT2D eigenvalue weighted by atomic mass is 10.5. The molecule has 0 aliphatic carbocycles. The number of H-pyrrole nitrogens is 2. The van der Waals surface area contributed by atoms with Crippen LogP contribution in [0, 0.1) is 0 Å². The average Bonchev–Trinajstić information content (AvgIpc) is 2.21. The van der Waals surface area contributed by atoms with Gasteiger partial charge >= 0.3 is 0 Å². The Morgan fingerprint density at radius 3 is 1.86 bits per heavy atom. The van der Waals surface area contributed by atoms with Crippen LogP contribution in [0.5, 0.6) is 0 Å². The van der Waals surface area contributed by atoms with Crippen LogP contribution in [0.25, 0.3) is 0 Å². The van der Waals surface area contributed by atoms with Crippen LogP contribution in [0.1, 0.15) is 0 Å². The smallest absolute Gasteiger partial charge is 0.247 e. The summed E-state index contributed by atoms with van der Waals surface area (Å²) in [6.07, 6.45) is 4.80. The van der Waals surface area contributed by atoms with Crippen molar-refractivity contribution in [3.05, 3.63) is 69.5 Å². The largest absolute Gasteiger partial charge is 0.367 e. The Morgan fingerprint density at radius 2 is 1.57 bits per heavy atom. The summed E-state index contributed by atoms with van der Waals surface area (Å²) < 4.78 is 0. The molecule has 2 aromatic rings. The number of pyridine rings is 2. The van der Waals surface area contributed by atoms with Gasteiger partial charge < -0.3 is 9.97 Å². The van der Waals surface area contributed by atoms with Crippen molar-refractivity contribution in [1.29, 1.82) is 0 Å². The van der Waals surface area contributed by atoms with Gasteiger partial charge in [0.05, 0.1) is 0 Å². The monoisotopic (exact) mass is 190 g/mol. The fourth-order valence-corrected chi connectivity index (χ4v) is 0.748. The normalized spacial score (nSPS) is 8.57. The summed E-state index contributed by atoms with van der Waals surface area (Å²) >= 11 is 0. The van der Waals surface area contributed by atoms with Gasteiger partial charge in [0.2, 0.25) is 5.56 Å². The molecule has 0 aliphatic rings. The fraction of sp³-hybridized carbons (Fsp3) is 0. The van der Waals surface area contributed by atoms with Crippen molar-refractivity contribution in [2.45, 2.75) is 0 Å². The van der Waals surface area contributed by atoms with E-state index in [1.165, 1.54) is 18.2 Å². The highest BCUT2D eigenvalue weighted by atomic mass is 16.1. The lowest BCUT2D eigenvalue weighted by Crippen LogP contribution is -1.98. The molecular formula is C10H10N2O2. The van der Waals surface area contributed by atoms with Crippen molar-refractivity contribution in [1.82, 2.24) is 9.97 Å². The second-order valence-electron chi connectivity index (χ2n) is 2.46. The lowest BCUT2D eigenvalue weighted by Gasteiger charge is -1.73. The first kappa shape index (κ1) is 9.98. The van der Waals surface area contributed by atoms with Gasteiger partial charge in [0.15, 0.2) is 5.43 Å². The Morgan fingerprint density at radius 1 is 0.857 bits per heavy atom. The standard InChI is InChI=1S/2C5H5NO/c7-5-1-3-6-4-2-5;7-5-3-1-2-4-6-5/h2*1-4H,(H,6,7). The zero-order valence-corrected chi connectivity index (χ0v) is 7.44. The summed E-state index contributed by atoms with van der Waals surface area (Å²) in [5.74, 6) is 0. The topological polar surface area (TPSA) is 65.7 Å². The molecule has 72 valence electrons. The summed E-state index contributed by atoms with van der Waals surface area (Å²) in [4.78, 5) is 25.7. The first-order chi connectivity index (χ1) is 6.79. The van der Waals surface area contributed by atoms with Gasteiger partial charge in [-0.2, -0.15) is 0 Å². The number of nitrogens with one attached hydrogen (secondary N) is 2. The zero-order valence-electron chi connectivity index (χ0n) is 7.44. The Bertz CT molecular complexity index is 393. The molecule has 0 aliphatic heterocycles. The van der Waals surface area contributed by atoms with Gasteiger partial charge in [-0.25, -0.2) is 0 Å². The predicted octanol–water partition coefficient (Wildman–Crippen LogP) is 0.750. The second kappa shape index (κ2) is 5.53. The number of hydrogen-bond donors (Lipinski definition) is 2. The summed E-state index contributed by atoms with van der Waals surface area (Å²) in [7, 11) is 0. The van der Waals surface area contributed by atoms with E-state index in [1.54, 1.807) is 30.7 Å². The Kier molecular flexibility index (Phi) is 3.94. The van der Waals surface area contributed by atoms with E-state index < -0.39 is 0 Å². The van der Waals surface area contributed by atoms with E-state index in [1.807, 2.05) is 0 Å². The first-order valence-electron chi connectivity index (χ1n) is 4.06. The van der Waals surface area contributed by atoms with E-state index in [0.717, 1.165) is 0 Å². The van der Waals surface area contributed by atoms with E-state index in [0.29, 0.717) is 0 Å². The second-order valence-corrected chi connectivity index (χ2v) is 2.46. The lowest BCUT2D eigenvalue weighted by molar-refractivity contribution is 1.24. The van der Waals surface area contributed by atoms with Crippen LogP contribution >= 0.6 is 0 Å². The van der Waals surface area contributed by atoms with Crippen LogP contribution in [-0.4, -0.2) is 9.97 Å². The molecule has 0 bridgehead atoms. The van der Waals surface area contributed by atoms with Crippen LogP contribution in [-0.2, 0) is 0 Å². The van der Waals surface area contributed by atoms with Crippen molar-refractivity contribution < 1.29 is 0 Å². The third kappa shape index (κ3) is 4.06. The minimum absolute atomic E-state index is 0.0405. The molecule has 0 spiro atoms. The third-order valence-corrected chi connectivity index (χ3v) is 1.37. The minimum atomic E-state index is -0.0532. The summed E-state index contributed by atoms with van der Waals surface area (Å²) in [6, 6.07) is 7.88. The van der Waals surface area contributed by atoms with Crippen LogP contribution < -0.4 is 11.0 Å². The number of hydrogen-bond acceptors (Lipinski definition) is 2. The van der Waals surface area contributed by atoms with Gasteiger partial charge in [-0.15, -0.1) is 0 Å². The maximum Gasteiger partial charge on any atom is 0.247 e. The van der Waals surface area contributed by atoms with Gasteiger partial charge in [-0.1, -0.05) is 6.07 Å². The molecule has 0 amide bonds. The highest BCUT2D eigenvalue weighted by Gasteiger charge is 1.70. The maximum atomic E-state index is 10.2. The number of aromatic nitrogens is 2. The SMILES string of the molecule is O=c1cc[nH]cc1.O=c1cccc[nH]1. The zero-order chi connectivity index (χ0) is 10.2. The van der Waals surface area contributed by atoms with Crippen LogP contribution in [0.3, 0.4) is 0 Å². The molecule has 0 atom stereocenters. The Labute approximate surface area is 80.3 Å². The molecule has 2 N–H and O–H groups in total. The summed E-state index contributed by atoms with van der Waals surface area (Å²) in [5.41, 5.74) is -0.0127. The quantitative estimate of drug-likeness (QED) is 0.643. The highest BCUT2D eigenvalue weighted by Crippen LogP contribution is 1.67. The van der Waals surface area contributed by atoms with E-state index in [2.05, 4.69) is 9.97 Å². The van der Waals surface area contributed by atoms with Crippen molar-refractivity contribution in [3.8, 4) is 0 Å². The minimum Gasteiger partial charge on any atom is -0.367 e. The van der Waals surface area contributed by atoms with Gasteiger partial charge in [0, 0.05) is 36.8 Å². The molecular weight excluding hydrogens is 180 g/mol. The molecule has 0 saturated carbocycles. The molecule has 2 aromatic heterocycles. The summed E-state index contributed by atoms with van der Waals surface area (Å²) in [5, 5.41) is 0. The predicted molar refractivity (Wildman–Crippen MR) is 54.1 cm³/mol. The Balaban J connectivity index is 0.000000140. The van der Waals surface area contributed by atoms with Crippen LogP contribution in [0.15, 0.2) is 58.5 Å². The molecule has 0 aromatic carbocycles. The van der Waals surface area contributed by atoms with Gasteiger partial charge in [0.25, 0.3) is 0 Å². The fourth-order valence-electron chi connectivity index (χ4n) is 0.748. The van der Waals surface area contributed by atoms with Crippen LogP contribution in [0.2, 0.25) is 0 Å². The van der Waals surface area contributed by atoms with E-state index >= 15 is 0 Å². The molecule has 0 saturated heterocycles. The summed E-state index contributed by atoms with van der Waals surface area (Å²) in [6.45, 7) is 0. The molecule has 14 heavy (non-hydrogen) atoms. The van der Waals surface area contributed by atoms with Crippen molar-refractivity contribution in [2.75, 3.05) is 0 Å². The molecule has 4 heteroatoms. The van der Waals surface area contributed by atoms with Gasteiger partial charge in [-0.05, 0) is 6.07 Å². The Hall–Kier alpha value is -2.10. The van der Waals surface area contributed by atoms with Crippen molar-refractivity contribution >= 4 is 0 Å². The van der Waals surface area contributed by atoms with Crippen molar-refractivity contribution in [3.63, 3.8) is 0 Å². The van der Waals surface area contributed by atoms with Gasteiger partial charge in [-0.3, -0.25) is 9.59 Å². The molecule has 2 heterocycles. The van der Waals surface area contributed by atoms with Gasteiger partial charge in [0.1, 0.15) is 0 Å². The number of aromatic amines is 2. The van der Waals surface area contributed by atoms with Crippen molar-refractivity contribution in [2.24, 2.45) is 0 Å². The molecule has 0 unspecified atom stereocenters. The molecule has 2 rings (SSSR count).